The number of imide groups is 1. The fourth-order valence-corrected chi connectivity index (χ4v) is 2.34. The van der Waals surface area contributed by atoms with Gasteiger partial charge in [-0.2, -0.15) is 0 Å². The van der Waals surface area contributed by atoms with E-state index in [9.17, 15) is 14.4 Å². The van der Waals surface area contributed by atoms with Crippen molar-refractivity contribution in [3.8, 4) is 0 Å². The fraction of sp³-hybridized carbons (Fsp3) is 0.0476. The minimum Gasteiger partial charge on any atom is -0.452 e. The Morgan fingerprint density at radius 2 is 1.67 bits per heavy atom. The van der Waals surface area contributed by atoms with Crippen LogP contribution < -0.4 is 5.32 Å². The van der Waals surface area contributed by atoms with Crippen molar-refractivity contribution < 1.29 is 19.1 Å². The van der Waals surface area contributed by atoms with Crippen LogP contribution in [0.5, 0.6) is 0 Å². The zero-order chi connectivity index (χ0) is 19.1. The van der Waals surface area contributed by atoms with Gasteiger partial charge in [-0.3, -0.25) is 14.9 Å². The van der Waals surface area contributed by atoms with Crippen LogP contribution in [0.4, 0.5) is 0 Å². The molecule has 0 unspecified atom stereocenters. The Labute approximate surface area is 155 Å². The van der Waals surface area contributed by atoms with Gasteiger partial charge in [-0.1, -0.05) is 42.5 Å². The zero-order valence-electron chi connectivity index (χ0n) is 14.3. The summed E-state index contributed by atoms with van der Waals surface area (Å²) in [6.07, 6.45) is 2.69. The number of amides is 2. The van der Waals surface area contributed by atoms with Crippen molar-refractivity contribution in [2.45, 2.75) is 0 Å². The molecule has 0 bridgehead atoms. The molecule has 2 amide bonds. The lowest BCUT2D eigenvalue weighted by Crippen LogP contribution is -2.33. The van der Waals surface area contributed by atoms with Crippen molar-refractivity contribution in [1.82, 2.24) is 10.3 Å². The van der Waals surface area contributed by atoms with E-state index in [1.807, 2.05) is 30.3 Å². The number of para-hydroxylation sites is 1. The summed E-state index contributed by atoms with van der Waals surface area (Å²) in [5, 5.41) is 3.15. The maximum Gasteiger partial charge on any atom is 0.331 e. The normalized spacial score (nSPS) is 10.7. The summed E-state index contributed by atoms with van der Waals surface area (Å²) in [6, 6.07) is 19.6. The van der Waals surface area contributed by atoms with Gasteiger partial charge in [0.15, 0.2) is 6.61 Å². The smallest absolute Gasteiger partial charge is 0.331 e. The lowest BCUT2D eigenvalue weighted by molar-refractivity contribution is -0.143. The van der Waals surface area contributed by atoms with Crippen LogP contribution in [0.1, 0.15) is 16.1 Å². The quantitative estimate of drug-likeness (QED) is 0.559. The van der Waals surface area contributed by atoms with Gasteiger partial charge in [0.25, 0.3) is 11.8 Å². The lowest BCUT2D eigenvalue weighted by atomic mass is 10.2. The average molecular weight is 360 g/mol. The van der Waals surface area contributed by atoms with Crippen molar-refractivity contribution in [2.24, 2.45) is 0 Å². The molecule has 0 fully saturated rings. The van der Waals surface area contributed by atoms with Gasteiger partial charge in [0.05, 0.1) is 11.2 Å². The molecular weight excluding hydrogens is 344 g/mol. The van der Waals surface area contributed by atoms with Crippen LogP contribution in [-0.2, 0) is 14.3 Å². The first-order valence-corrected chi connectivity index (χ1v) is 8.22. The number of esters is 1. The number of rotatable bonds is 5. The van der Waals surface area contributed by atoms with E-state index >= 15 is 0 Å². The number of benzene rings is 2. The first-order chi connectivity index (χ1) is 13.1. The van der Waals surface area contributed by atoms with E-state index in [-0.39, 0.29) is 0 Å². The van der Waals surface area contributed by atoms with Gasteiger partial charge in [0, 0.05) is 17.0 Å². The molecule has 0 saturated carbocycles. The summed E-state index contributed by atoms with van der Waals surface area (Å²) < 4.78 is 4.83. The summed E-state index contributed by atoms with van der Waals surface area (Å²) in [6.45, 7) is -0.549. The molecule has 0 aliphatic rings. The first-order valence-electron chi connectivity index (χ1n) is 8.22. The van der Waals surface area contributed by atoms with Gasteiger partial charge in [-0.15, -0.1) is 0 Å². The lowest BCUT2D eigenvalue weighted by Gasteiger charge is -2.04. The third-order valence-corrected chi connectivity index (χ3v) is 3.64. The highest BCUT2D eigenvalue weighted by Crippen LogP contribution is 2.12. The number of hydrogen-bond donors (Lipinski definition) is 1. The Morgan fingerprint density at radius 1 is 0.926 bits per heavy atom. The Kier molecular flexibility index (Phi) is 5.69. The predicted octanol–water partition coefficient (Wildman–Crippen LogP) is 2.75. The molecule has 1 heterocycles. The highest BCUT2D eigenvalue weighted by atomic mass is 16.5. The minimum atomic E-state index is -0.702. The van der Waals surface area contributed by atoms with Gasteiger partial charge in [-0.25, -0.2) is 9.78 Å². The molecule has 0 spiro atoms. The Balaban J connectivity index is 1.50. The molecule has 1 aromatic heterocycles. The molecule has 3 rings (SSSR count). The molecule has 1 N–H and O–H groups in total. The molecule has 27 heavy (non-hydrogen) atoms. The second-order valence-electron chi connectivity index (χ2n) is 5.61. The largest absolute Gasteiger partial charge is 0.452 e. The monoisotopic (exact) mass is 360 g/mol. The molecule has 6 heteroatoms. The van der Waals surface area contributed by atoms with Gasteiger partial charge in [0.1, 0.15) is 0 Å². The number of carbonyl (C=O) groups excluding carboxylic acids is 3. The predicted molar refractivity (Wildman–Crippen MR) is 101 cm³/mol. The fourth-order valence-electron chi connectivity index (χ4n) is 2.34. The van der Waals surface area contributed by atoms with Crippen LogP contribution in [0, 0.1) is 0 Å². The van der Waals surface area contributed by atoms with Crippen molar-refractivity contribution >= 4 is 34.8 Å². The first kappa shape index (κ1) is 18.0. The number of aromatic nitrogens is 1. The molecule has 3 aromatic rings. The van der Waals surface area contributed by atoms with E-state index in [2.05, 4.69) is 10.3 Å². The van der Waals surface area contributed by atoms with E-state index in [4.69, 9.17) is 4.74 Å². The zero-order valence-corrected chi connectivity index (χ0v) is 14.3. The summed E-state index contributed by atoms with van der Waals surface area (Å²) in [5.74, 6) is -1.95. The van der Waals surface area contributed by atoms with Gasteiger partial charge in [-0.05, 0) is 30.3 Å². The highest BCUT2D eigenvalue weighted by Gasteiger charge is 2.11. The standard InChI is InChI=1S/C21H16N2O4/c24-19(23-21(26)16-7-2-1-3-8-16)14-27-20(25)13-12-17-11-10-15-6-4-5-9-18(15)22-17/h1-13H,14H2,(H,23,24,26)/b13-12+. The molecule has 134 valence electrons. The van der Waals surface area contributed by atoms with Crippen LogP contribution in [-0.4, -0.2) is 29.4 Å². The van der Waals surface area contributed by atoms with Crippen molar-refractivity contribution in [3.63, 3.8) is 0 Å². The van der Waals surface area contributed by atoms with Gasteiger partial charge < -0.3 is 4.74 Å². The van der Waals surface area contributed by atoms with Crippen molar-refractivity contribution in [2.75, 3.05) is 6.61 Å². The summed E-state index contributed by atoms with van der Waals surface area (Å²) >= 11 is 0. The van der Waals surface area contributed by atoms with Crippen LogP contribution in [0.3, 0.4) is 0 Å². The van der Waals surface area contributed by atoms with E-state index in [0.717, 1.165) is 10.9 Å². The number of carbonyl (C=O) groups is 3. The summed E-state index contributed by atoms with van der Waals surface area (Å²) in [7, 11) is 0. The topological polar surface area (TPSA) is 85.4 Å². The van der Waals surface area contributed by atoms with Crippen LogP contribution in [0.2, 0.25) is 0 Å². The third-order valence-electron chi connectivity index (χ3n) is 3.64. The SMILES string of the molecule is O=C(COC(=O)/C=C/c1ccc2ccccc2n1)NC(=O)c1ccccc1. The minimum absolute atomic E-state index is 0.347. The van der Waals surface area contributed by atoms with Gasteiger partial charge >= 0.3 is 5.97 Å². The Bertz CT molecular complexity index is 1010. The second-order valence-corrected chi connectivity index (χ2v) is 5.61. The maximum absolute atomic E-state index is 11.8. The number of ether oxygens (including phenoxy) is 1. The number of hydrogen-bond acceptors (Lipinski definition) is 5. The average Bonchev–Trinajstić information content (AvgIpc) is 2.71. The van der Waals surface area contributed by atoms with E-state index in [1.165, 1.54) is 12.2 Å². The Hall–Kier alpha value is -3.80. The van der Waals surface area contributed by atoms with Gasteiger partial charge in [0.2, 0.25) is 0 Å². The van der Waals surface area contributed by atoms with Crippen LogP contribution in [0.15, 0.2) is 72.8 Å². The molecule has 0 radical (unpaired) electrons. The summed E-state index contributed by atoms with van der Waals surface area (Å²) in [5.41, 5.74) is 1.75. The number of pyridine rings is 1. The third kappa shape index (κ3) is 5.09. The van der Waals surface area contributed by atoms with Crippen LogP contribution in [0.25, 0.3) is 17.0 Å². The maximum atomic E-state index is 11.8. The van der Waals surface area contributed by atoms with E-state index in [1.54, 1.807) is 36.4 Å². The van der Waals surface area contributed by atoms with Crippen molar-refractivity contribution in [1.29, 1.82) is 0 Å². The number of nitrogens with one attached hydrogen (secondary N) is 1. The second kappa shape index (κ2) is 8.53. The molecule has 0 aliphatic carbocycles. The van der Waals surface area contributed by atoms with Crippen LogP contribution >= 0.6 is 0 Å². The van der Waals surface area contributed by atoms with Crippen molar-refractivity contribution in [3.05, 3.63) is 84.1 Å². The molecular formula is C21H16N2O4. The molecule has 0 aliphatic heterocycles. The molecule has 0 saturated heterocycles. The molecule has 2 aromatic carbocycles. The number of fused-ring (bicyclic) bond motifs is 1. The molecule has 0 atom stereocenters. The molecule has 6 nitrogen and oxygen atoms in total. The van der Waals surface area contributed by atoms with E-state index in [0.29, 0.717) is 11.3 Å². The number of nitrogens with zero attached hydrogens (tertiary/aromatic N) is 1. The Morgan fingerprint density at radius 3 is 2.48 bits per heavy atom. The van der Waals surface area contributed by atoms with E-state index < -0.39 is 24.4 Å². The highest BCUT2D eigenvalue weighted by molar-refractivity contribution is 6.05. The summed E-state index contributed by atoms with van der Waals surface area (Å²) in [4.78, 5) is 39.7.